The van der Waals surface area contributed by atoms with Crippen LogP contribution >= 0.6 is 0 Å². The first-order chi connectivity index (χ1) is 8.61. The smallest absolute Gasteiger partial charge is 0.225 e. The quantitative estimate of drug-likeness (QED) is 0.772. The number of aliphatic hydroxyl groups excluding tert-OH is 1. The van der Waals surface area contributed by atoms with Gasteiger partial charge in [0.25, 0.3) is 0 Å². The minimum absolute atomic E-state index is 0.174. The molecule has 18 heavy (non-hydrogen) atoms. The van der Waals surface area contributed by atoms with Crippen LogP contribution in [0.4, 0.5) is 0 Å². The molecule has 1 aliphatic carbocycles. The van der Waals surface area contributed by atoms with Crippen molar-refractivity contribution in [1.29, 1.82) is 0 Å². The number of nitrogens with zero attached hydrogens (tertiary/aromatic N) is 1. The zero-order valence-electron chi connectivity index (χ0n) is 11.3. The zero-order valence-corrected chi connectivity index (χ0v) is 11.3. The molecule has 0 aromatic rings. The van der Waals surface area contributed by atoms with Crippen molar-refractivity contribution in [2.24, 2.45) is 23.5 Å². The predicted molar refractivity (Wildman–Crippen MR) is 70.9 cm³/mol. The van der Waals surface area contributed by atoms with E-state index in [2.05, 4.69) is 6.92 Å². The van der Waals surface area contributed by atoms with Gasteiger partial charge in [-0.3, -0.25) is 4.79 Å². The van der Waals surface area contributed by atoms with E-state index in [9.17, 15) is 9.90 Å². The molecule has 1 saturated carbocycles. The topological polar surface area (TPSA) is 66.6 Å². The Labute approximate surface area is 110 Å². The molecular weight excluding hydrogens is 228 g/mol. The van der Waals surface area contributed by atoms with Gasteiger partial charge in [0.15, 0.2) is 0 Å². The van der Waals surface area contributed by atoms with Crippen LogP contribution in [0.25, 0.3) is 0 Å². The maximum absolute atomic E-state index is 12.4. The molecule has 2 atom stereocenters. The normalized spacial score (nSPS) is 37.6. The van der Waals surface area contributed by atoms with Gasteiger partial charge in [-0.05, 0) is 50.5 Å². The van der Waals surface area contributed by atoms with Gasteiger partial charge in [0, 0.05) is 19.0 Å². The second kappa shape index (κ2) is 6.02. The number of aliphatic hydroxyl groups is 1. The summed E-state index contributed by atoms with van der Waals surface area (Å²) in [5, 5.41) is 9.87. The van der Waals surface area contributed by atoms with Crippen molar-refractivity contribution < 1.29 is 9.90 Å². The average Bonchev–Trinajstić information content (AvgIpc) is 2.41. The first-order valence-electron chi connectivity index (χ1n) is 7.28. The van der Waals surface area contributed by atoms with Gasteiger partial charge in [-0.15, -0.1) is 0 Å². The van der Waals surface area contributed by atoms with Gasteiger partial charge in [0.05, 0.1) is 6.10 Å². The van der Waals surface area contributed by atoms with Gasteiger partial charge in [0.2, 0.25) is 5.91 Å². The van der Waals surface area contributed by atoms with E-state index < -0.39 is 0 Å². The number of carbonyl (C=O) groups excluding carboxylic acids is 1. The standard InChI is InChI=1S/C14H26N2O2/c1-10-6-7-16(9-13(10)17)14(18)12-4-2-11(8-15)3-5-12/h10-13,17H,2-9,15H2,1H3. The van der Waals surface area contributed by atoms with Crippen LogP contribution in [-0.4, -0.2) is 41.7 Å². The molecule has 104 valence electrons. The summed E-state index contributed by atoms with van der Waals surface area (Å²) >= 11 is 0. The number of carbonyl (C=O) groups is 1. The number of likely N-dealkylation sites (tertiary alicyclic amines) is 1. The predicted octanol–water partition coefficient (Wildman–Crippen LogP) is 0.981. The lowest BCUT2D eigenvalue weighted by Gasteiger charge is -2.37. The molecule has 1 aliphatic heterocycles. The number of amides is 1. The van der Waals surface area contributed by atoms with Crippen LogP contribution in [0, 0.1) is 17.8 Å². The van der Waals surface area contributed by atoms with Crippen LogP contribution < -0.4 is 5.73 Å². The molecule has 1 heterocycles. The highest BCUT2D eigenvalue weighted by molar-refractivity contribution is 5.79. The molecule has 2 fully saturated rings. The molecule has 2 aliphatic rings. The number of nitrogens with two attached hydrogens (primary N) is 1. The van der Waals surface area contributed by atoms with E-state index in [1.54, 1.807) is 0 Å². The Morgan fingerprint density at radius 1 is 1.28 bits per heavy atom. The lowest BCUT2D eigenvalue weighted by molar-refractivity contribution is -0.141. The highest BCUT2D eigenvalue weighted by Crippen LogP contribution is 2.30. The second-order valence-electron chi connectivity index (χ2n) is 6.07. The van der Waals surface area contributed by atoms with E-state index in [0.29, 0.717) is 18.4 Å². The minimum atomic E-state index is -0.344. The zero-order chi connectivity index (χ0) is 13.1. The average molecular weight is 254 g/mol. The third-order valence-electron chi connectivity index (χ3n) is 4.76. The fourth-order valence-corrected chi connectivity index (χ4v) is 3.15. The molecule has 4 heteroatoms. The van der Waals surface area contributed by atoms with Gasteiger partial charge in [-0.1, -0.05) is 6.92 Å². The number of hydrogen-bond acceptors (Lipinski definition) is 3. The summed E-state index contributed by atoms with van der Waals surface area (Å²) in [6.45, 7) is 4.14. The third kappa shape index (κ3) is 3.04. The maximum atomic E-state index is 12.4. The fourth-order valence-electron chi connectivity index (χ4n) is 3.15. The van der Waals surface area contributed by atoms with E-state index in [1.165, 1.54) is 0 Å². The lowest BCUT2D eigenvalue weighted by Crippen LogP contribution is -2.48. The van der Waals surface area contributed by atoms with Gasteiger partial charge in [0.1, 0.15) is 0 Å². The van der Waals surface area contributed by atoms with E-state index in [1.807, 2.05) is 4.90 Å². The Morgan fingerprint density at radius 3 is 2.50 bits per heavy atom. The Morgan fingerprint density at radius 2 is 1.94 bits per heavy atom. The Bertz CT molecular complexity index is 288. The van der Waals surface area contributed by atoms with Crippen molar-refractivity contribution in [3.8, 4) is 0 Å². The second-order valence-corrected chi connectivity index (χ2v) is 6.07. The van der Waals surface area contributed by atoms with Crippen LogP contribution in [-0.2, 0) is 4.79 Å². The fraction of sp³-hybridized carbons (Fsp3) is 0.929. The SMILES string of the molecule is CC1CCN(C(=O)C2CCC(CN)CC2)CC1O. The summed E-state index contributed by atoms with van der Waals surface area (Å²) in [5.74, 6) is 1.37. The number of β-amino-alcohol motifs (C(OH)–C–C–N with tert-alkyl or cyclic N) is 1. The van der Waals surface area contributed by atoms with Gasteiger partial charge >= 0.3 is 0 Å². The summed E-state index contributed by atoms with van der Waals surface area (Å²) in [6.07, 6.45) is 4.69. The molecule has 1 amide bonds. The largest absolute Gasteiger partial charge is 0.391 e. The molecule has 0 spiro atoms. The molecule has 0 radical (unpaired) electrons. The molecule has 3 N–H and O–H groups in total. The van der Waals surface area contributed by atoms with Crippen molar-refractivity contribution in [3.05, 3.63) is 0 Å². The first-order valence-corrected chi connectivity index (χ1v) is 7.28. The summed E-state index contributed by atoms with van der Waals surface area (Å²) in [5.41, 5.74) is 5.67. The third-order valence-corrected chi connectivity index (χ3v) is 4.76. The molecule has 0 aromatic carbocycles. The summed E-state index contributed by atoms with van der Waals surface area (Å²) in [4.78, 5) is 14.3. The lowest BCUT2D eigenvalue weighted by atomic mass is 9.81. The molecule has 4 nitrogen and oxygen atoms in total. The number of rotatable bonds is 2. The van der Waals surface area contributed by atoms with Crippen molar-refractivity contribution in [1.82, 2.24) is 4.90 Å². The van der Waals surface area contributed by atoms with Crippen molar-refractivity contribution in [3.63, 3.8) is 0 Å². The highest BCUT2D eigenvalue weighted by Gasteiger charge is 2.33. The van der Waals surface area contributed by atoms with Crippen LogP contribution in [0.15, 0.2) is 0 Å². The molecule has 2 unspecified atom stereocenters. The molecule has 0 aromatic heterocycles. The van der Waals surface area contributed by atoms with E-state index >= 15 is 0 Å². The van der Waals surface area contributed by atoms with Crippen molar-refractivity contribution in [2.45, 2.75) is 45.1 Å². The number of piperidine rings is 1. The Kier molecular flexibility index (Phi) is 4.62. The van der Waals surface area contributed by atoms with Gasteiger partial charge < -0.3 is 15.7 Å². The molecule has 1 saturated heterocycles. The van der Waals surface area contributed by atoms with Gasteiger partial charge in [-0.25, -0.2) is 0 Å². The summed E-state index contributed by atoms with van der Waals surface area (Å²) in [6, 6.07) is 0. The molecule has 2 rings (SSSR count). The Hall–Kier alpha value is -0.610. The van der Waals surface area contributed by atoms with E-state index in [-0.39, 0.29) is 17.9 Å². The van der Waals surface area contributed by atoms with Crippen molar-refractivity contribution >= 4 is 5.91 Å². The summed E-state index contributed by atoms with van der Waals surface area (Å²) in [7, 11) is 0. The van der Waals surface area contributed by atoms with Crippen LogP contribution in [0.5, 0.6) is 0 Å². The van der Waals surface area contributed by atoms with Crippen LogP contribution in [0.3, 0.4) is 0 Å². The molecule has 0 bridgehead atoms. The molecular formula is C14H26N2O2. The monoisotopic (exact) mass is 254 g/mol. The van der Waals surface area contributed by atoms with Crippen LogP contribution in [0.2, 0.25) is 0 Å². The van der Waals surface area contributed by atoms with E-state index in [4.69, 9.17) is 5.73 Å². The maximum Gasteiger partial charge on any atom is 0.225 e. The van der Waals surface area contributed by atoms with Crippen LogP contribution in [0.1, 0.15) is 39.0 Å². The Balaban J connectivity index is 1.84. The van der Waals surface area contributed by atoms with E-state index in [0.717, 1.165) is 45.2 Å². The minimum Gasteiger partial charge on any atom is -0.391 e. The summed E-state index contributed by atoms with van der Waals surface area (Å²) < 4.78 is 0. The van der Waals surface area contributed by atoms with Gasteiger partial charge in [-0.2, -0.15) is 0 Å². The highest BCUT2D eigenvalue weighted by atomic mass is 16.3. The number of hydrogen-bond donors (Lipinski definition) is 2. The van der Waals surface area contributed by atoms with Crippen molar-refractivity contribution in [2.75, 3.05) is 19.6 Å². The first kappa shape index (κ1) is 13.8.